The summed E-state index contributed by atoms with van der Waals surface area (Å²) in [5.41, 5.74) is 1.84. The van der Waals surface area contributed by atoms with Gasteiger partial charge in [0.15, 0.2) is 0 Å². The third-order valence-corrected chi connectivity index (χ3v) is 5.94. The molecule has 0 fully saturated rings. The van der Waals surface area contributed by atoms with E-state index in [1.807, 2.05) is 0 Å². The van der Waals surface area contributed by atoms with Crippen LogP contribution < -0.4 is 5.48 Å². The first-order chi connectivity index (χ1) is 12.4. The van der Waals surface area contributed by atoms with Crippen molar-refractivity contribution in [3.63, 3.8) is 0 Å². The fourth-order valence-corrected chi connectivity index (χ4v) is 4.14. The van der Waals surface area contributed by atoms with Crippen LogP contribution in [0.5, 0.6) is 0 Å². The number of benzene rings is 1. The first-order valence-corrected chi connectivity index (χ1v) is 9.19. The van der Waals surface area contributed by atoms with Crippen molar-refractivity contribution in [2.75, 3.05) is 0 Å². The summed E-state index contributed by atoms with van der Waals surface area (Å²) >= 11 is 0. The SMILES string of the molecule is CCC#CC(Cc1cccnc1)(C(=O)NO)S(=O)(=O)c1ccc(F)cc1. The molecule has 0 spiro atoms. The number of nitrogens with zero attached hydrogens (tertiary/aromatic N) is 1. The molecule has 1 aromatic heterocycles. The van der Waals surface area contributed by atoms with Crippen LogP contribution >= 0.6 is 0 Å². The van der Waals surface area contributed by atoms with Crippen molar-refractivity contribution in [1.82, 2.24) is 10.5 Å². The van der Waals surface area contributed by atoms with Crippen LogP contribution in [-0.4, -0.2) is 29.3 Å². The van der Waals surface area contributed by atoms with Crippen LogP contribution in [0, 0.1) is 17.7 Å². The number of carbonyl (C=O) groups excluding carboxylic acids is 1. The van der Waals surface area contributed by atoms with Crippen molar-refractivity contribution in [2.45, 2.75) is 29.4 Å². The Morgan fingerprint density at radius 1 is 1.31 bits per heavy atom. The highest BCUT2D eigenvalue weighted by molar-refractivity contribution is 7.94. The molecular formula is C18H17FN2O4S. The molecule has 0 aliphatic rings. The average molecular weight is 376 g/mol. The predicted octanol–water partition coefficient (Wildman–Crippen LogP) is 1.89. The highest BCUT2D eigenvalue weighted by Crippen LogP contribution is 2.30. The normalized spacial score (nSPS) is 13.2. The second kappa shape index (κ2) is 8.08. The van der Waals surface area contributed by atoms with Crippen molar-refractivity contribution in [1.29, 1.82) is 0 Å². The summed E-state index contributed by atoms with van der Waals surface area (Å²) in [6.07, 6.45) is 2.88. The number of pyridine rings is 1. The van der Waals surface area contributed by atoms with Gasteiger partial charge in [-0.1, -0.05) is 18.9 Å². The average Bonchev–Trinajstić information content (AvgIpc) is 2.65. The number of halogens is 1. The molecule has 1 amide bonds. The van der Waals surface area contributed by atoms with Crippen molar-refractivity contribution < 1.29 is 22.8 Å². The predicted molar refractivity (Wildman–Crippen MR) is 92.3 cm³/mol. The Kier molecular flexibility index (Phi) is 6.08. The third-order valence-electron chi connectivity index (χ3n) is 3.69. The Labute approximate surface area is 151 Å². The number of aromatic nitrogens is 1. The van der Waals surface area contributed by atoms with Gasteiger partial charge < -0.3 is 0 Å². The van der Waals surface area contributed by atoms with E-state index in [4.69, 9.17) is 0 Å². The zero-order valence-electron chi connectivity index (χ0n) is 13.9. The summed E-state index contributed by atoms with van der Waals surface area (Å²) in [5, 5.41) is 9.19. The maximum Gasteiger partial charge on any atom is 0.277 e. The summed E-state index contributed by atoms with van der Waals surface area (Å²) in [6, 6.07) is 7.26. The van der Waals surface area contributed by atoms with Gasteiger partial charge in [-0.2, -0.15) is 0 Å². The zero-order valence-corrected chi connectivity index (χ0v) is 14.8. The molecule has 136 valence electrons. The molecule has 0 aliphatic carbocycles. The van der Waals surface area contributed by atoms with Crippen LogP contribution in [-0.2, 0) is 21.1 Å². The minimum absolute atomic E-state index is 0.281. The molecule has 1 atom stereocenters. The molecule has 0 aliphatic heterocycles. The van der Waals surface area contributed by atoms with Crippen molar-refractivity contribution >= 4 is 15.7 Å². The summed E-state index contributed by atoms with van der Waals surface area (Å²) in [5.74, 6) is 3.31. The molecule has 0 saturated carbocycles. The fourth-order valence-electron chi connectivity index (χ4n) is 2.39. The number of hydrogen-bond acceptors (Lipinski definition) is 5. The quantitative estimate of drug-likeness (QED) is 0.360. The summed E-state index contributed by atoms with van der Waals surface area (Å²) in [4.78, 5) is 16.1. The molecule has 0 saturated heterocycles. The number of rotatable bonds is 5. The van der Waals surface area contributed by atoms with Gasteiger partial charge in [-0.05, 0) is 35.9 Å². The standard InChI is InChI=1S/C18H17FN2O4S/c1-2-3-10-18(17(22)21-23,12-14-5-4-11-20-13-14)26(24,25)16-8-6-15(19)7-9-16/h4-9,11,13,23H,2,12H2,1H3,(H,21,22). The second-order valence-corrected chi connectivity index (χ2v) is 7.59. The first kappa shape index (κ1) is 19.6. The summed E-state index contributed by atoms with van der Waals surface area (Å²) in [6.45, 7) is 1.70. The second-order valence-electron chi connectivity index (χ2n) is 5.42. The van der Waals surface area contributed by atoms with E-state index in [1.54, 1.807) is 19.1 Å². The largest absolute Gasteiger partial charge is 0.289 e. The molecule has 2 N–H and O–H groups in total. The lowest BCUT2D eigenvalue weighted by atomic mass is 9.99. The number of nitrogens with one attached hydrogen (secondary N) is 1. The van der Waals surface area contributed by atoms with Gasteiger partial charge in [-0.25, -0.2) is 18.3 Å². The van der Waals surface area contributed by atoms with E-state index in [1.165, 1.54) is 17.9 Å². The van der Waals surface area contributed by atoms with Gasteiger partial charge in [-0.15, -0.1) is 5.92 Å². The van der Waals surface area contributed by atoms with Crippen LogP contribution in [0.2, 0.25) is 0 Å². The fraction of sp³-hybridized carbons (Fsp3) is 0.222. The maximum atomic E-state index is 13.3. The van der Waals surface area contributed by atoms with E-state index in [0.717, 1.165) is 24.3 Å². The first-order valence-electron chi connectivity index (χ1n) is 7.71. The van der Waals surface area contributed by atoms with Crippen LogP contribution in [0.15, 0.2) is 53.7 Å². The highest BCUT2D eigenvalue weighted by Gasteiger charge is 2.50. The topological polar surface area (TPSA) is 96.4 Å². The Morgan fingerprint density at radius 3 is 2.54 bits per heavy atom. The van der Waals surface area contributed by atoms with Crippen molar-refractivity contribution in [2.24, 2.45) is 0 Å². The molecule has 2 rings (SSSR count). The van der Waals surface area contributed by atoms with E-state index in [-0.39, 0.29) is 11.3 Å². The molecule has 1 heterocycles. The number of sulfone groups is 1. The minimum Gasteiger partial charge on any atom is -0.289 e. The Morgan fingerprint density at radius 2 is 2.00 bits per heavy atom. The van der Waals surface area contributed by atoms with Gasteiger partial charge in [0.25, 0.3) is 5.91 Å². The van der Waals surface area contributed by atoms with E-state index in [0.29, 0.717) is 12.0 Å². The molecule has 1 unspecified atom stereocenters. The van der Waals surface area contributed by atoms with Gasteiger partial charge in [0.05, 0.1) is 4.90 Å². The summed E-state index contributed by atoms with van der Waals surface area (Å²) in [7, 11) is -4.40. The van der Waals surface area contributed by atoms with Gasteiger partial charge in [-0.3, -0.25) is 15.0 Å². The monoisotopic (exact) mass is 376 g/mol. The van der Waals surface area contributed by atoms with Gasteiger partial charge in [0, 0.05) is 25.2 Å². The smallest absolute Gasteiger partial charge is 0.277 e. The van der Waals surface area contributed by atoms with E-state index < -0.39 is 26.3 Å². The van der Waals surface area contributed by atoms with E-state index in [2.05, 4.69) is 16.8 Å². The maximum absolute atomic E-state index is 13.3. The molecule has 1 aromatic carbocycles. The lowest BCUT2D eigenvalue weighted by Crippen LogP contribution is -2.52. The van der Waals surface area contributed by atoms with Crippen LogP contribution in [0.4, 0.5) is 4.39 Å². The van der Waals surface area contributed by atoms with Crippen LogP contribution in [0.3, 0.4) is 0 Å². The number of hydroxylamine groups is 1. The molecule has 8 heteroatoms. The molecular weight excluding hydrogens is 359 g/mol. The zero-order chi connectivity index (χ0) is 19.2. The molecule has 0 bridgehead atoms. The Balaban J connectivity index is 2.71. The number of carbonyl (C=O) groups is 1. The van der Waals surface area contributed by atoms with Crippen molar-refractivity contribution in [3.8, 4) is 11.8 Å². The Bertz CT molecular complexity index is 935. The number of amides is 1. The highest BCUT2D eigenvalue weighted by atomic mass is 32.2. The van der Waals surface area contributed by atoms with E-state index in [9.17, 15) is 22.8 Å². The molecule has 2 aromatic rings. The number of hydrogen-bond donors (Lipinski definition) is 2. The minimum atomic E-state index is -4.40. The van der Waals surface area contributed by atoms with Gasteiger partial charge in [0.1, 0.15) is 5.82 Å². The van der Waals surface area contributed by atoms with Gasteiger partial charge in [0.2, 0.25) is 14.6 Å². The molecule has 0 radical (unpaired) electrons. The molecule has 6 nitrogen and oxygen atoms in total. The Hall–Kier alpha value is -2.76. The van der Waals surface area contributed by atoms with Crippen molar-refractivity contribution in [3.05, 3.63) is 60.2 Å². The summed E-state index contributed by atoms with van der Waals surface area (Å²) < 4.78 is 37.4. The van der Waals surface area contributed by atoms with E-state index >= 15 is 0 Å². The lowest BCUT2D eigenvalue weighted by molar-refractivity contribution is -0.130. The van der Waals surface area contributed by atoms with Crippen LogP contribution in [0.25, 0.3) is 0 Å². The van der Waals surface area contributed by atoms with Crippen LogP contribution in [0.1, 0.15) is 18.9 Å². The lowest BCUT2D eigenvalue weighted by Gasteiger charge is -2.26. The van der Waals surface area contributed by atoms with Gasteiger partial charge >= 0.3 is 0 Å². The molecule has 26 heavy (non-hydrogen) atoms. The third kappa shape index (κ3) is 3.74.